The van der Waals surface area contributed by atoms with E-state index in [1.807, 2.05) is 0 Å². The van der Waals surface area contributed by atoms with E-state index in [-0.39, 0.29) is 27.6 Å². The van der Waals surface area contributed by atoms with Crippen molar-refractivity contribution in [3.8, 4) is 0 Å². The number of fused-ring (bicyclic) bond motifs is 8. The average Bonchev–Trinajstić information content (AvgIpc) is 2.81. The zero-order valence-corrected chi connectivity index (χ0v) is 23.5. The van der Waals surface area contributed by atoms with Gasteiger partial charge < -0.3 is 5.11 Å². The minimum atomic E-state index is -0.565. The van der Waals surface area contributed by atoms with Crippen LogP contribution in [0.2, 0.25) is 0 Å². The second-order valence-corrected chi connectivity index (χ2v) is 14.9. The van der Waals surface area contributed by atoms with Gasteiger partial charge in [0.25, 0.3) is 0 Å². The third-order valence-corrected chi connectivity index (χ3v) is 13.5. The normalized spacial score (nSPS) is 48.9. The van der Waals surface area contributed by atoms with Gasteiger partial charge in [-0.3, -0.25) is 4.79 Å². The van der Waals surface area contributed by atoms with Crippen LogP contribution in [0.4, 0.5) is 0 Å². The fourth-order valence-electron chi connectivity index (χ4n) is 11.3. The first-order valence-corrected chi connectivity index (χ1v) is 14.6. The Kier molecular flexibility index (Phi) is 5.09. The third kappa shape index (κ3) is 2.75. The molecule has 4 nitrogen and oxygen atoms in total. The standard InChI is InChI=1S/C32H46N2O2/c1-19-10-13-32(27(35)36)15-14-30(6)22(25(32)20(19)2)8-9-24-29(5)16-21-17-33-18-34-26(21)28(3,4)23(29)11-12-31(24,30)7/h8,17-20,23-25H,9-16H2,1-7H3,(H,35,36)/t19-,20+,23?,24-,25+,29+,30-,31-,32+/m1/s1. The maximum atomic E-state index is 12.9. The van der Waals surface area contributed by atoms with E-state index in [0.717, 1.165) is 38.5 Å². The molecule has 1 N–H and O–H groups in total. The van der Waals surface area contributed by atoms with Crippen LogP contribution >= 0.6 is 0 Å². The van der Waals surface area contributed by atoms with Gasteiger partial charge in [0.15, 0.2) is 0 Å². The lowest BCUT2D eigenvalue weighted by Gasteiger charge is -2.70. The summed E-state index contributed by atoms with van der Waals surface area (Å²) in [6, 6.07) is 0. The van der Waals surface area contributed by atoms with E-state index in [1.54, 1.807) is 6.33 Å². The van der Waals surface area contributed by atoms with Gasteiger partial charge in [0.05, 0.1) is 11.1 Å². The van der Waals surface area contributed by atoms with Crippen molar-refractivity contribution in [1.82, 2.24) is 9.97 Å². The second-order valence-electron chi connectivity index (χ2n) is 14.9. The van der Waals surface area contributed by atoms with E-state index in [4.69, 9.17) is 4.98 Å². The Morgan fingerprint density at radius 1 is 1.00 bits per heavy atom. The molecule has 1 heterocycles. The van der Waals surface area contributed by atoms with Gasteiger partial charge in [-0.1, -0.05) is 60.1 Å². The van der Waals surface area contributed by atoms with Gasteiger partial charge in [-0.2, -0.15) is 0 Å². The second kappa shape index (κ2) is 7.44. The summed E-state index contributed by atoms with van der Waals surface area (Å²) in [7, 11) is 0. The predicted molar refractivity (Wildman–Crippen MR) is 142 cm³/mol. The van der Waals surface area contributed by atoms with E-state index in [1.165, 1.54) is 29.7 Å². The fourth-order valence-corrected chi connectivity index (χ4v) is 11.3. The van der Waals surface area contributed by atoms with Crippen molar-refractivity contribution in [3.05, 3.63) is 35.4 Å². The van der Waals surface area contributed by atoms with Crippen LogP contribution in [0.1, 0.15) is 105 Å². The highest BCUT2D eigenvalue weighted by molar-refractivity contribution is 5.76. The molecule has 1 aromatic heterocycles. The first-order valence-electron chi connectivity index (χ1n) is 14.6. The molecule has 0 radical (unpaired) electrons. The van der Waals surface area contributed by atoms with Crippen LogP contribution in [0.5, 0.6) is 0 Å². The fraction of sp³-hybridized carbons (Fsp3) is 0.781. The van der Waals surface area contributed by atoms with E-state index >= 15 is 0 Å². The largest absolute Gasteiger partial charge is 0.481 e. The molecule has 0 amide bonds. The van der Waals surface area contributed by atoms with Crippen molar-refractivity contribution in [2.45, 2.75) is 105 Å². The molecule has 0 saturated heterocycles. The lowest BCUT2D eigenvalue weighted by molar-refractivity contribution is -0.179. The van der Waals surface area contributed by atoms with E-state index in [9.17, 15) is 9.90 Å². The van der Waals surface area contributed by atoms with Gasteiger partial charge in [-0.05, 0) is 103 Å². The van der Waals surface area contributed by atoms with Crippen molar-refractivity contribution in [3.63, 3.8) is 0 Å². The van der Waals surface area contributed by atoms with Crippen LogP contribution in [-0.4, -0.2) is 21.0 Å². The molecule has 3 saturated carbocycles. The Balaban J connectivity index is 1.48. The van der Waals surface area contributed by atoms with Crippen molar-refractivity contribution in [2.75, 3.05) is 0 Å². The number of hydrogen-bond donors (Lipinski definition) is 1. The number of hydrogen-bond acceptors (Lipinski definition) is 3. The van der Waals surface area contributed by atoms with Gasteiger partial charge >= 0.3 is 5.97 Å². The van der Waals surface area contributed by atoms with Crippen LogP contribution in [-0.2, 0) is 16.6 Å². The minimum Gasteiger partial charge on any atom is -0.481 e. The summed E-state index contributed by atoms with van der Waals surface area (Å²) >= 11 is 0. The van der Waals surface area contributed by atoms with Crippen LogP contribution in [0.25, 0.3) is 0 Å². The smallest absolute Gasteiger partial charge is 0.310 e. The highest BCUT2D eigenvalue weighted by Crippen LogP contribution is 2.75. The number of carboxylic acids is 1. The molecule has 0 aromatic carbocycles. The number of carbonyl (C=O) groups is 1. The summed E-state index contributed by atoms with van der Waals surface area (Å²) < 4.78 is 0. The Labute approximate surface area is 217 Å². The molecule has 36 heavy (non-hydrogen) atoms. The molecule has 4 heteroatoms. The summed E-state index contributed by atoms with van der Waals surface area (Å²) in [4.78, 5) is 22.1. The van der Waals surface area contributed by atoms with Gasteiger partial charge in [-0.15, -0.1) is 0 Å². The van der Waals surface area contributed by atoms with E-state index in [2.05, 4.69) is 65.7 Å². The molecule has 5 aliphatic rings. The number of carboxylic acid groups (broad SMARTS) is 1. The molecule has 0 spiro atoms. The van der Waals surface area contributed by atoms with Crippen molar-refractivity contribution < 1.29 is 9.90 Å². The van der Waals surface area contributed by atoms with Crippen LogP contribution in [0.3, 0.4) is 0 Å². The highest BCUT2D eigenvalue weighted by Gasteiger charge is 2.69. The van der Waals surface area contributed by atoms with Crippen LogP contribution in [0, 0.1) is 51.2 Å². The summed E-state index contributed by atoms with van der Waals surface area (Å²) in [6.45, 7) is 17.3. The molecule has 0 bridgehead atoms. The van der Waals surface area contributed by atoms with E-state index < -0.39 is 11.4 Å². The summed E-state index contributed by atoms with van der Waals surface area (Å²) in [6.07, 6.45) is 14.7. The third-order valence-electron chi connectivity index (χ3n) is 13.5. The molecule has 3 fully saturated rings. The Morgan fingerprint density at radius 2 is 1.75 bits per heavy atom. The molecule has 196 valence electrons. The molecule has 0 aliphatic heterocycles. The van der Waals surface area contributed by atoms with Crippen molar-refractivity contribution in [1.29, 1.82) is 0 Å². The Bertz CT molecular complexity index is 1140. The minimum absolute atomic E-state index is 0.0375. The zero-order chi connectivity index (χ0) is 25.9. The Morgan fingerprint density at radius 3 is 2.47 bits per heavy atom. The lowest BCUT2D eigenvalue weighted by atomic mass is 9.33. The van der Waals surface area contributed by atoms with Gasteiger partial charge in [0.1, 0.15) is 6.33 Å². The number of allylic oxidation sites excluding steroid dienone is 2. The van der Waals surface area contributed by atoms with Crippen LogP contribution < -0.4 is 0 Å². The predicted octanol–water partition coefficient (Wildman–Crippen LogP) is 7.23. The highest BCUT2D eigenvalue weighted by atomic mass is 16.4. The maximum Gasteiger partial charge on any atom is 0.310 e. The molecule has 1 aromatic rings. The number of aromatic nitrogens is 2. The molecule has 1 unspecified atom stereocenters. The van der Waals surface area contributed by atoms with Gasteiger partial charge in [-0.25, -0.2) is 9.97 Å². The summed E-state index contributed by atoms with van der Waals surface area (Å²) in [5.74, 6) is 1.82. The molecular formula is C32H46N2O2. The zero-order valence-electron chi connectivity index (χ0n) is 23.5. The average molecular weight is 491 g/mol. The lowest BCUT2D eigenvalue weighted by Crippen LogP contribution is -2.65. The maximum absolute atomic E-state index is 12.9. The summed E-state index contributed by atoms with van der Waals surface area (Å²) in [5.41, 5.74) is 4.03. The van der Waals surface area contributed by atoms with Crippen molar-refractivity contribution >= 4 is 5.97 Å². The van der Waals surface area contributed by atoms with Crippen LogP contribution in [0.15, 0.2) is 24.2 Å². The topological polar surface area (TPSA) is 63.1 Å². The molecule has 6 rings (SSSR count). The monoisotopic (exact) mass is 490 g/mol. The number of aliphatic carboxylic acids is 1. The van der Waals surface area contributed by atoms with Gasteiger partial charge in [0.2, 0.25) is 0 Å². The van der Waals surface area contributed by atoms with Crippen molar-refractivity contribution in [2.24, 2.45) is 51.2 Å². The van der Waals surface area contributed by atoms with E-state index in [0.29, 0.717) is 23.7 Å². The first-order chi connectivity index (χ1) is 16.8. The van der Waals surface area contributed by atoms with Gasteiger partial charge in [0, 0.05) is 11.6 Å². The molecule has 5 aliphatic carbocycles. The number of nitrogens with zero attached hydrogens (tertiary/aromatic N) is 2. The SMILES string of the molecule is C[C@H]1[C@H](C)CC[C@]2(C(=O)O)CC[C@]3(C)C(=CC[C@@H]4[C@@]5(C)Cc6cncnc6C(C)(C)C5CC[C@]43C)[C@H]12. The Hall–Kier alpha value is -1.71. The first kappa shape index (κ1) is 24.6. The summed E-state index contributed by atoms with van der Waals surface area (Å²) in [5, 5.41) is 10.6. The quantitative estimate of drug-likeness (QED) is 0.422. The molecular weight excluding hydrogens is 444 g/mol. The molecule has 9 atom stereocenters. The number of rotatable bonds is 1.